The molecule has 112 valence electrons. The Morgan fingerprint density at radius 3 is 2.82 bits per heavy atom. The number of fused-ring (bicyclic) bond motifs is 1. The molecule has 6 heteroatoms. The quantitative estimate of drug-likeness (QED) is 0.829. The highest BCUT2D eigenvalue weighted by Crippen LogP contribution is 2.24. The average Bonchev–Trinajstić information content (AvgIpc) is 2.76. The Kier molecular flexibility index (Phi) is 3.60. The standard InChI is InChI=1S/C16H15N3O3/c1-10-5-6-11-3-2-4-12(15(11)17-10)18-13-9-14(21)19(7-8-20)16(13)22/h2-6,9,18,20H,7-8H2,1H3. The Morgan fingerprint density at radius 1 is 1.23 bits per heavy atom. The first-order valence-corrected chi connectivity index (χ1v) is 6.92. The lowest BCUT2D eigenvalue weighted by Gasteiger charge is -2.14. The van der Waals surface area contributed by atoms with Gasteiger partial charge in [-0.2, -0.15) is 0 Å². The lowest BCUT2D eigenvalue weighted by molar-refractivity contribution is -0.137. The van der Waals surface area contributed by atoms with Crippen LogP contribution >= 0.6 is 0 Å². The number of pyridine rings is 1. The van der Waals surface area contributed by atoms with Gasteiger partial charge in [0.25, 0.3) is 11.8 Å². The molecule has 0 aliphatic carbocycles. The van der Waals surface area contributed by atoms with Gasteiger partial charge < -0.3 is 10.4 Å². The maximum absolute atomic E-state index is 12.2. The first-order chi connectivity index (χ1) is 10.6. The highest BCUT2D eigenvalue weighted by atomic mass is 16.3. The molecule has 1 aromatic heterocycles. The van der Waals surface area contributed by atoms with Gasteiger partial charge in [-0.3, -0.25) is 19.5 Å². The molecule has 1 aliphatic rings. The largest absolute Gasteiger partial charge is 0.395 e. The zero-order valence-electron chi connectivity index (χ0n) is 12.0. The van der Waals surface area contributed by atoms with Crippen molar-refractivity contribution in [2.45, 2.75) is 6.92 Å². The lowest BCUT2D eigenvalue weighted by atomic mass is 10.1. The number of nitrogens with zero attached hydrogens (tertiary/aromatic N) is 2. The number of carbonyl (C=O) groups excluding carboxylic acids is 2. The number of amides is 2. The van der Waals surface area contributed by atoms with Crippen LogP contribution in [0, 0.1) is 6.92 Å². The molecule has 2 aromatic rings. The third-order valence-electron chi connectivity index (χ3n) is 3.46. The minimum atomic E-state index is -0.441. The van der Waals surface area contributed by atoms with Gasteiger partial charge in [-0.1, -0.05) is 18.2 Å². The molecule has 0 atom stereocenters. The third kappa shape index (κ3) is 2.44. The molecule has 0 radical (unpaired) electrons. The number of aryl methyl sites for hydroxylation is 1. The van der Waals surface area contributed by atoms with Crippen LogP contribution in [0.4, 0.5) is 5.69 Å². The number of rotatable bonds is 4. The summed E-state index contributed by atoms with van der Waals surface area (Å²) in [6, 6.07) is 9.47. The summed E-state index contributed by atoms with van der Waals surface area (Å²) in [6.07, 6.45) is 1.24. The zero-order valence-corrected chi connectivity index (χ0v) is 12.0. The van der Waals surface area contributed by atoms with E-state index in [1.165, 1.54) is 6.08 Å². The van der Waals surface area contributed by atoms with Crippen molar-refractivity contribution in [3.8, 4) is 0 Å². The SMILES string of the molecule is Cc1ccc2cccc(NC3=CC(=O)N(CCO)C3=O)c2n1. The Hall–Kier alpha value is -2.73. The van der Waals surface area contributed by atoms with Gasteiger partial charge in [0.05, 0.1) is 24.4 Å². The van der Waals surface area contributed by atoms with Gasteiger partial charge in [0.2, 0.25) is 0 Å². The fraction of sp³-hybridized carbons (Fsp3) is 0.188. The van der Waals surface area contributed by atoms with E-state index in [1.807, 2.05) is 37.3 Å². The van der Waals surface area contributed by atoms with Crippen LogP contribution in [0.1, 0.15) is 5.69 Å². The Bertz CT molecular complexity index is 798. The van der Waals surface area contributed by atoms with Crippen LogP contribution in [0.25, 0.3) is 10.9 Å². The summed E-state index contributed by atoms with van der Waals surface area (Å²) in [4.78, 5) is 29.4. The van der Waals surface area contributed by atoms with Gasteiger partial charge in [-0.25, -0.2) is 0 Å². The number of para-hydroxylation sites is 1. The van der Waals surface area contributed by atoms with Gasteiger partial charge in [0.15, 0.2) is 0 Å². The fourth-order valence-electron chi connectivity index (χ4n) is 2.40. The van der Waals surface area contributed by atoms with E-state index in [0.29, 0.717) is 5.69 Å². The number of hydrogen-bond donors (Lipinski definition) is 2. The van der Waals surface area contributed by atoms with E-state index in [2.05, 4.69) is 10.3 Å². The van der Waals surface area contributed by atoms with Crippen molar-refractivity contribution in [1.29, 1.82) is 0 Å². The van der Waals surface area contributed by atoms with Crippen molar-refractivity contribution in [2.75, 3.05) is 18.5 Å². The van der Waals surface area contributed by atoms with Crippen LogP contribution in [0.2, 0.25) is 0 Å². The smallest absolute Gasteiger partial charge is 0.277 e. The van der Waals surface area contributed by atoms with E-state index < -0.39 is 11.8 Å². The number of aliphatic hydroxyl groups excluding tert-OH is 1. The first kappa shape index (κ1) is 14.2. The molecule has 0 bridgehead atoms. The minimum Gasteiger partial charge on any atom is -0.395 e. The molecule has 1 aliphatic heterocycles. The van der Waals surface area contributed by atoms with Gasteiger partial charge in [0.1, 0.15) is 5.70 Å². The number of benzene rings is 1. The molecule has 2 heterocycles. The molecular formula is C16H15N3O3. The van der Waals surface area contributed by atoms with Gasteiger partial charge in [-0.15, -0.1) is 0 Å². The van der Waals surface area contributed by atoms with Gasteiger partial charge >= 0.3 is 0 Å². The lowest BCUT2D eigenvalue weighted by Crippen LogP contribution is -2.34. The van der Waals surface area contributed by atoms with E-state index in [9.17, 15) is 9.59 Å². The van der Waals surface area contributed by atoms with E-state index >= 15 is 0 Å². The number of β-amino-alcohol motifs (C(OH)–C–C–N with tert-alkyl or cyclic N) is 1. The van der Waals surface area contributed by atoms with E-state index in [4.69, 9.17) is 5.11 Å². The second-order valence-corrected chi connectivity index (χ2v) is 5.03. The highest BCUT2D eigenvalue weighted by molar-refractivity contribution is 6.18. The summed E-state index contributed by atoms with van der Waals surface area (Å²) in [5, 5.41) is 12.8. The van der Waals surface area contributed by atoms with Gasteiger partial charge in [-0.05, 0) is 19.1 Å². The number of aliphatic hydroxyl groups is 1. The maximum atomic E-state index is 12.2. The second-order valence-electron chi connectivity index (χ2n) is 5.03. The number of anilines is 1. The third-order valence-corrected chi connectivity index (χ3v) is 3.46. The summed E-state index contributed by atoms with van der Waals surface area (Å²) in [7, 11) is 0. The van der Waals surface area contributed by atoms with Crippen LogP contribution < -0.4 is 5.32 Å². The molecule has 0 saturated heterocycles. The zero-order chi connectivity index (χ0) is 15.7. The monoisotopic (exact) mass is 297 g/mol. The molecule has 0 saturated carbocycles. The molecule has 0 spiro atoms. The fourth-order valence-corrected chi connectivity index (χ4v) is 2.40. The average molecular weight is 297 g/mol. The molecule has 3 rings (SSSR count). The van der Waals surface area contributed by atoms with Crippen LogP contribution in [-0.2, 0) is 9.59 Å². The van der Waals surface area contributed by atoms with Crippen LogP contribution in [0.3, 0.4) is 0 Å². The van der Waals surface area contributed by atoms with Crippen molar-refractivity contribution in [2.24, 2.45) is 0 Å². The van der Waals surface area contributed by atoms with Crippen LogP contribution in [0.15, 0.2) is 42.1 Å². The molecule has 2 N–H and O–H groups in total. The summed E-state index contributed by atoms with van der Waals surface area (Å²) in [5.41, 5.74) is 2.46. The second kappa shape index (κ2) is 5.57. The molecular weight excluding hydrogens is 282 g/mol. The number of hydrogen-bond acceptors (Lipinski definition) is 5. The molecule has 2 amide bonds. The molecule has 0 fully saturated rings. The summed E-state index contributed by atoms with van der Waals surface area (Å²) < 4.78 is 0. The summed E-state index contributed by atoms with van der Waals surface area (Å²) in [6.45, 7) is 1.63. The van der Waals surface area contributed by atoms with Crippen LogP contribution in [0.5, 0.6) is 0 Å². The van der Waals surface area contributed by atoms with Crippen molar-refractivity contribution < 1.29 is 14.7 Å². The number of carbonyl (C=O) groups is 2. The summed E-state index contributed by atoms with van der Waals surface area (Å²) in [5.74, 6) is -0.866. The van der Waals surface area contributed by atoms with Gasteiger partial charge in [0, 0.05) is 17.2 Å². The highest BCUT2D eigenvalue weighted by Gasteiger charge is 2.30. The molecule has 0 unspecified atom stereocenters. The van der Waals surface area contributed by atoms with Crippen molar-refractivity contribution >= 4 is 28.4 Å². The Labute approximate surface area is 127 Å². The molecule has 1 aromatic carbocycles. The predicted molar refractivity (Wildman–Crippen MR) is 82.0 cm³/mol. The predicted octanol–water partition coefficient (Wildman–Crippen LogP) is 1.20. The summed E-state index contributed by atoms with van der Waals surface area (Å²) >= 11 is 0. The molecule has 22 heavy (non-hydrogen) atoms. The van der Waals surface area contributed by atoms with Crippen molar-refractivity contribution in [3.05, 3.63) is 47.8 Å². The molecule has 6 nitrogen and oxygen atoms in total. The maximum Gasteiger partial charge on any atom is 0.277 e. The number of nitrogens with one attached hydrogen (secondary N) is 1. The van der Waals surface area contributed by atoms with E-state index in [0.717, 1.165) is 21.5 Å². The number of aromatic nitrogens is 1. The Balaban J connectivity index is 1.94. The van der Waals surface area contributed by atoms with E-state index in [-0.39, 0.29) is 18.8 Å². The normalized spacial score (nSPS) is 14.6. The topological polar surface area (TPSA) is 82.5 Å². The first-order valence-electron chi connectivity index (χ1n) is 6.92. The Morgan fingerprint density at radius 2 is 2.05 bits per heavy atom. The minimum absolute atomic E-state index is 0.00770. The van der Waals surface area contributed by atoms with Crippen molar-refractivity contribution in [1.82, 2.24) is 9.88 Å². The van der Waals surface area contributed by atoms with E-state index in [1.54, 1.807) is 0 Å². The van der Waals surface area contributed by atoms with Crippen molar-refractivity contribution in [3.63, 3.8) is 0 Å². The van der Waals surface area contributed by atoms with Crippen LogP contribution in [-0.4, -0.2) is 40.0 Å². The number of imide groups is 1.